The number of nitrogens with zero attached hydrogens (tertiary/aromatic N) is 2. The van der Waals surface area contributed by atoms with E-state index < -0.39 is 0 Å². The summed E-state index contributed by atoms with van der Waals surface area (Å²) < 4.78 is 11.1. The number of amides is 1. The van der Waals surface area contributed by atoms with Gasteiger partial charge in [0.2, 0.25) is 5.91 Å². The van der Waals surface area contributed by atoms with Crippen molar-refractivity contribution in [3.05, 3.63) is 66.7 Å². The van der Waals surface area contributed by atoms with Gasteiger partial charge in [-0.2, -0.15) is 0 Å². The summed E-state index contributed by atoms with van der Waals surface area (Å²) in [5.74, 6) is 2.33. The molecular weight excluding hydrogens is 368 g/mol. The molecule has 1 amide bonds. The molecule has 3 rings (SSSR count). The lowest BCUT2D eigenvalue weighted by atomic mass is 10.3. The number of hydrogen-bond acceptors (Lipinski definition) is 6. The maximum atomic E-state index is 12.0. The summed E-state index contributed by atoms with van der Waals surface area (Å²) >= 11 is 0. The van der Waals surface area contributed by atoms with Crippen LogP contribution in [0.25, 0.3) is 0 Å². The summed E-state index contributed by atoms with van der Waals surface area (Å²) in [6, 6.07) is 20.4. The molecule has 150 valence electrons. The predicted octanol–water partition coefficient (Wildman–Crippen LogP) is 4.42. The van der Waals surface area contributed by atoms with Crippen molar-refractivity contribution in [2.24, 2.45) is 0 Å². The second-order valence-electron chi connectivity index (χ2n) is 6.58. The molecule has 0 spiro atoms. The fourth-order valence-electron chi connectivity index (χ4n) is 2.49. The van der Waals surface area contributed by atoms with Gasteiger partial charge < -0.3 is 20.1 Å². The largest absolute Gasteiger partial charge is 0.493 e. The Labute approximate surface area is 170 Å². The first-order valence-corrected chi connectivity index (χ1v) is 9.43. The molecule has 0 saturated heterocycles. The maximum absolute atomic E-state index is 12.0. The number of anilines is 3. The Hall–Kier alpha value is -3.61. The molecule has 3 aromatic rings. The molecule has 29 heavy (non-hydrogen) atoms. The summed E-state index contributed by atoms with van der Waals surface area (Å²) in [4.78, 5) is 12.0. The van der Waals surface area contributed by atoms with E-state index >= 15 is 0 Å². The summed E-state index contributed by atoms with van der Waals surface area (Å²) in [5, 5.41) is 14.0. The summed E-state index contributed by atoms with van der Waals surface area (Å²) in [6.45, 7) is 4.26. The van der Waals surface area contributed by atoms with Crippen LogP contribution in [0.3, 0.4) is 0 Å². The van der Waals surface area contributed by atoms with Crippen molar-refractivity contribution in [2.75, 3.05) is 17.2 Å². The van der Waals surface area contributed by atoms with Crippen molar-refractivity contribution in [2.45, 2.75) is 26.4 Å². The number of carbonyl (C=O) groups is 1. The number of aromatic nitrogens is 2. The number of nitrogens with one attached hydrogen (secondary N) is 2. The molecule has 0 aliphatic carbocycles. The van der Waals surface area contributed by atoms with Gasteiger partial charge in [-0.25, -0.2) is 0 Å². The lowest BCUT2D eigenvalue weighted by molar-refractivity contribution is -0.116. The molecule has 0 aliphatic heterocycles. The highest BCUT2D eigenvalue weighted by Gasteiger charge is 2.06. The van der Waals surface area contributed by atoms with Gasteiger partial charge in [-0.05, 0) is 62.4 Å². The van der Waals surface area contributed by atoms with Crippen LogP contribution in [0.4, 0.5) is 17.3 Å². The standard InChI is InChI=1S/C22H24N4O3/c1-16(2)29-19-10-8-17(9-11-19)23-20-12-13-21(26-25-20)24-22(27)14-15-28-18-6-4-3-5-7-18/h3-13,16H,14-15H2,1-2H3,(H,23,25)(H,24,26,27). The Kier molecular flexibility index (Phi) is 7.00. The molecule has 7 heteroatoms. The maximum Gasteiger partial charge on any atom is 0.229 e. The molecule has 2 N–H and O–H groups in total. The van der Waals surface area contributed by atoms with E-state index in [9.17, 15) is 4.79 Å². The fraction of sp³-hybridized carbons (Fsp3) is 0.227. The van der Waals surface area contributed by atoms with Crippen molar-refractivity contribution in [3.63, 3.8) is 0 Å². The van der Waals surface area contributed by atoms with Gasteiger partial charge in [0.05, 0.1) is 19.1 Å². The SMILES string of the molecule is CC(C)Oc1ccc(Nc2ccc(NC(=O)CCOc3ccccc3)nn2)cc1. The van der Waals surface area contributed by atoms with Crippen molar-refractivity contribution in [3.8, 4) is 11.5 Å². The Morgan fingerprint density at radius 2 is 1.59 bits per heavy atom. The molecular formula is C22H24N4O3. The van der Waals surface area contributed by atoms with Gasteiger partial charge in [-0.15, -0.1) is 10.2 Å². The average molecular weight is 392 g/mol. The van der Waals surface area contributed by atoms with Crippen LogP contribution >= 0.6 is 0 Å². The second-order valence-corrected chi connectivity index (χ2v) is 6.58. The molecule has 0 unspecified atom stereocenters. The molecule has 0 saturated carbocycles. The van der Waals surface area contributed by atoms with E-state index in [0.717, 1.165) is 17.2 Å². The van der Waals surface area contributed by atoms with Crippen LogP contribution in [0.1, 0.15) is 20.3 Å². The predicted molar refractivity (Wildman–Crippen MR) is 113 cm³/mol. The quantitative estimate of drug-likeness (QED) is 0.561. The second kappa shape index (κ2) is 10.1. The lowest BCUT2D eigenvalue weighted by Gasteiger charge is -2.11. The lowest BCUT2D eigenvalue weighted by Crippen LogP contribution is -2.16. The molecule has 1 aromatic heterocycles. The van der Waals surface area contributed by atoms with Crippen molar-refractivity contribution in [1.82, 2.24) is 10.2 Å². The van der Waals surface area contributed by atoms with E-state index in [0.29, 0.717) is 18.2 Å². The summed E-state index contributed by atoms with van der Waals surface area (Å²) in [7, 11) is 0. The topological polar surface area (TPSA) is 85.4 Å². The molecule has 0 radical (unpaired) electrons. The van der Waals surface area contributed by atoms with Gasteiger partial charge >= 0.3 is 0 Å². The summed E-state index contributed by atoms with van der Waals surface area (Å²) in [5.41, 5.74) is 0.866. The van der Waals surface area contributed by atoms with Crippen LogP contribution in [-0.2, 0) is 4.79 Å². The third-order valence-corrected chi connectivity index (χ3v) is 3.77. The molecule has 1 heterocycles. The zero-order valence-corrected chi connectivity index (χ0v) is 16.5. The van der Waals surface area contributed by atoms with Crippen LogP contribution in [0, 0.1) is 0 Å². The first-order valence-electron chi connectivity index (χ1n) is 9.43. The molecule has 0 aliphatic rings. The minimum atomic E-state index is -0.184. The van der Waals surface area contributed by atoms with Gasteiger partial charge in [0.15, 0.2) is 11.6 Å². The smallest absolute Gasteiger partial charge is 0.229 e. The number of benzene rings is 2. The Balaban J connectivity index is 1.45. The van der Waals surface area contributed by atoms with Crippen LogP contribution in [0.15, 0.2) is 66.7 Å². The van der Waals surface area contributed by atoms with Crippen LogP contribution in [0.2, 0.25) is 0 Å². The zero-order chi connectivity index (χ0) is 20.5. The van der Waals surface area contributed by atoms with Crippen molar-refractivity contribution in [1.29, 1.82) is 0 Å². The van der Waals surface area contributed by atoms with Gasteiger partial charge in [-0.3, -0.25) is 4.79 Å². The van der Waals surface area contributed by atoms with Gasteiger partial charge in [0.25, 0.3) is 0 Å². The average Bonchev–Trinajstić information content (AvgIpc) is 2.71. The number of ether oxygens (including phenoxy) is 2. The first-order chi connectivity index (χ1) is 14.1. The zero-order valence-electron chi connectivity index (χ0n) is 16.5. The first kappa shape index (κ1) is 20.1. The van der Waals surface area contributed by atoms with Crippen molar-refractivity contribution >= 4 is 23.2 Å². The van der Waals surface area contributed by atoms with Gasteiger partial charge in [0.1, 0.15) is 11.5 Å². The molecule has 0 fully saturated rings. The Morgan fingerprint density at radius 3 is 2.24 bits per heavy atom. The highest BCUT2D eigenvalue weighted by Crippen LogP contribution is 2.20. The van der Waals surface area contributed by atoms with E-state index in [2.05, 4.69) is 20.8 Å². The molecule has 7 nitrogen and oxygen atoms in total. The van der Waals surface area contributed by atoms with E-state index in [4.69, 9.17) is 9.47 Å². The van der Waals surface area contributed by atoms with Crippen LogP contribution in [-0.4, -0.2) is 28.8 Å². The van der Waals surface area contributed by atoms with Crippen LogP contribution < -0.4 is 20.1 Å². The monoisotopic (exact) mass is 392 g/mol. The van der Waals surface area contributed by atoms with E-state index in [1.54, 1.807) is 12.1 Å². The van der Waals surface area contributed by atoms with Crippen LogP contribution in [0.5, 0.6) is 11.5 Å². The highest BCUT2D eigenvalue weighted by molar-refractivity contribution is 5.89. The third kappa shape index (κ3) is 6.80. The number of carbonyl (C=O) groups excluding carboxylic acids is 1. The Morgan fingerprint density at radius 1 is 0.897 bits per heavy atom. The van der Waals surface area contributed by atoms with Gasteiger partial charge in [-0.1, -0.05) is 18.2 Å². The van der Waals surface area contributed by atoms with E-state index in [1.807, 2.05) is 68.4 Å². The van der Waals surface area contributed by atoms with Gasteiger partial charge in [0, 0.05) is 5.69 Å². The minimum absolute atomic E-state index is 0.132. The van der Waals surface area contributed by atoms with Crippen molar-refractivity contribution < 1.29 is 14.3 Å². The van der Waals surface area contributed by atoms with E-state index in [1.165, 1.54) is 0 Å². The molecule has 0 bridgehead atoms. The highest BCUT2D eigenvalue weighted by atomic mass is 16.5. The normalized spacial score (nSPS) is 10.4. The fourth-order valence-corrected chi connectivity index (χ4v) is 2.49. The minimum Gasteiger partial charge on any atom is -0.493 e. The number of para-hydroxylation sites is 1. The Bertz CT molecular complexity index is 898. The third-order valence-electron chi connectivity index (χ3n) is 3.77. The number of rotatable bonds is 9. The van der Waals surface area contributed by atoms with E-state index in [-0.39, 0.29) is 18.4 Å². The summed E-state index contributed by atoms with van der Waals surface area (Å²) in [6.07, 6.45) is 0.355. The molecule has 0 atom stereocenters. The number of hydrogen-bond donors (Lipinski definition) is 2. The molecule has 2 aromatic carbocycles.